The van der Waals surface area contributed by atoms with Gasteiger partial charge in [0, 0.05) is 13.1 Å². The third kappa shape index (κ3) is 6.07. The lowest BCUT2D eigenvalue weighted by molar-refractivity contribution is -0.145. The van der Waals surface area contributed by atoms with Crippen LogP contribution in [-0.2, 0) is 13.0 Å². The molecule has 0 spiro atoms. The van der Waals surface area contributed by atoms with Crippen molar-refractivity contribution >= 4 is 0 Å². The molecular formula is C14H21F3N2. The monoisotopic (exact) mass is 274 g/mol. The summed E-state index contributed by atoms with van der Waals surface area (Å²) in [5, 5.41) is 0. The van der Waals surface area contributed by atoms with Gasteiger partial charge < -0.3 is 5.73 Å². The Morgan fingerprint density at radius 2 is 1.74 bits per heavy atom. The Balaban J connectivity index is 2.60. The minimum atomic E-state index is -4.14. The molecule has 0 radical (unpaired) electrons. The van der Waals surface area contributed by atoms with E-state index in [1.165, 1.54) is 4.90 Å². The molecule has 0 aliphatic rings. The van der Waals surface area contributed by atoms with Crippen molar-refractivity contribution in [1.29, 1.82) is 0 Å². The molecule has 2 N–H and O–H groups in total. The Morgan fingerprint density at radius 3 is 2.26 bits per heavy atom. The molecule has 0 saturated carbocycles. The number of halogens is 3. The van der Waals surface area contributed by atoms with E-state index in [0.717, 1.165) is 11.1 Å². The van der Waals surface area contributed by atoms with Crippen molar-refractivity contribution in [1.82, 2.24) is 4.90 Å². The van der Waals surface area contributed by atoms with Gasteiger partial charge in [-0.05, 0) is 30.5 Å². The molecule has 19 heavy (non-hydrogen) atoms. The highest BCUT2D eigenvalue weighted by molar-refractivity contribution is 5.27. The van der Waals surface area contributed by atoms with E-state index in [1.807, 2.05) is 31.2 Å². The van der Waals surface area contributed by atoms with E-state index in [2.05, 4.69) is 0 Å². The van der Waals surface area contributed by atoms with Crippen molar-refractivity contribution in [3.05, 3.63) is 35.4 Å². The molecule has 0 fully saturated rings. The number of benzene rings is 1. The molecule has 1 aromatic carbocycles. The topological polar surface area (TPSA) is 29.3 Å². The fourth-order valence-electron chi connectivity index (χ4n) is 2.12. The number of nitrogens with zero attached hydrogens (tertiary/aromatic N) is 1. The molecule has 0 saturated heterocycles. The van der Waals surface area contributed by atoms with Gasteiger partial charge in [-0.25, -0.2) is 0 Å². The molecule has 0 aliphatic heterocycles. The largest absolute Gasteiger partial charge is 0.401 e. The number of hydrogen-bond donors (Lipinski definition) is 1. The SMILES string of the molecule is CCCN(CCc1ccccc1CN)CC(F)(F)F. The van der Waals surface area contributed by atoms with Crippen molar-refractivity contribution in [2.24, 2.45) is 5.73 Å². The van der Waals surface area contributed by atoms with E-state index < -0.39 is 12.7 Å². The molecule has 1 aromatic rings. The first-order chi connectivity index (χ1) is 8.96. The molecular weight excluding hydrogens is 253 g/mol. The van der Waals surface area contributed by atoms with Gasteiger partial charge in [-0.1, -0.05) is 31.2 Å². The third-order valence-electron chi connectivity index (χ3n) is 2.98. The summed E-state index contributed by atoms with van der Waals surface area (Å²) in [4.78, 5) is 1.45. The fraction of sp³-hybridized carbons (Fsp3) is 0.571. The highest BCUT2D eigenvalue weighted by Gasteiger charge is 2.30. The molecule has 0 aliphatic carbocycles. The van der Waals surface area contributed by atoms with Gasteiger partial charge in [0.25, 0.3) is 0 Å². The Morgan fingerprint density at radius 1 is 1.11 bits per heavy atom. The van der Waals surface area contributed by atoms with Gasteiger partial charge >= 0.3 is 6.18 Å². The van der Waals surface area contributed by atoms with Crippen LogP contribution in [0.5, 0.6) is 0 Å². The fourth-order valence-corrected chi connectivity index (χ4v) is 2.12. The number of nitrogens with two attached hydrogens (primary N) is 1. The number of hydrogen-bond acceptors (Lipinski definition) is 2. The minimum Gasteiger partial charge on any atom is -0.326 e. The van der Waals surface area contributed by atoms with Gasteiger partial charge in [0.1, 0.15) is 0 Å². The average Bonchev–Trinajstić information content (AvgIpc) is 2.35. The van der Waals surface area contributed by atoms with Crippen LogP contribution in [-0.4, -0.2) is 30.7 Å². The van der Waals surface area contributed by atoms with E-state index in [-0.39, 0.29) is 0 Å². The van der Waals surface area contributed by atoms with E-state index in [9.17, 15) is 13.2 Å². The Kier molecular flexibility index (Phi) is 6.31. The zero-order chi connectivity index (χ0) is 14.3. The zero-order valence-electron chi connectivity index (χ0n) is 11.2. The molecule has 0 unspecified atom stereocenters. The predicted octanol–water partition coefficient (Wildman–Crippen LogP) is 2.96. The van der Waals surface area contributed by atoms with Crippen LogP contribution >= 0.6 is 0 Å². The summed E-state index contributed by atoms with van der Waals surface area (Å²) in [5.74, 6) is 0. The van der Waals surface area contributed by atoms with Gasteiger partial charge in [-0.15, -0.1) is 0 Å². The highest BCUT2D eigenvalue weighted by Crippen LogP contribution is 2.17. The smallest absolute Gasteiger partial charge is 0.326 e. The van der Waals surface area contributed by atoms with Crippen LogP contribution in [0.25, 0.3) is 0 Å². The minimum absolute atomic E-state index is 0.407. The lowest BCUT2D eigenvalue weighted by Gasteiger charge is -2.23. The molecule has 0 bridgehead atoms. The van der Waals surface area contributed by atoms with Gasteiger partial charge in [-0.2, -0.15) is 13.2 Å². The lowest BCUT2D eigenvalue weighted by Crippen LogP contribution is -2.36. The van der Waals surface area contributed by atoms with Crippen molar-refractivity contribution in [3.63, 3.8) is 0 Å². The van der Waals surface area contributed by atoms with Crippen molar-refractivity contribution < 1.29 is 13.2 Å². The summed E-state index contributed by atoms with van der Waals surface area (Å²) in [6, 6.07) is 7.64. The molecule has 108 valence electrons. The first-order valence-corrected chi connectivity index (χ1v) is 6.52. The summed E-state index contributed by atoms with van der Waals surface area (Å²) in [6.45, 7) is 2.33. The van der Waals surface area contributed by atoms with Gasteiger partial charge in [0.2, 0.25) is 0 Å². The Hall–Kier alpha value is -1.07. The standard InChI is InChI=1S/C14H21F3N2/c1-2-8-19(11-14(15,16)17)9-7-12-5-3-4-6-13(12)10-18/h3-6H,2,7-11,18H2,1H3. The first kappa shape index (κ1) is 16.0. The normalized spacial score (nSPS) is 12.1. The van der Waals surface area contributed by atoms with Crippen LogP contribution in [0, 0.1) is 0 Å². The maximum Gasteiger partial charge on any atom is 0.401 e. The maximum atomic E-state index is 12.4. The van der Waals surface area contributed by atoms with E-state index in [4.69, 9.17) is 5.73 Å². The van der Waals surface area contributed by atoms with E-state index >= 15 is 0 Å². The van der Waals surface area contributed by atoms with E-state index in [1.54, 1.807) is 0 Å². The van der Waals surface area contributed by atoms with Gasteiger partial charge in [-0.3, -0.25) is 4.90 Å². The van der Waals surface area contributed by atoms with Crippen LogP contribution < -0.4 is 5.73 Å². The van der Waals surface area contributed by atoms with E-state index in [0.29, 0.717) is 32.5 Å². The molecule has 0 heterocycles. The average molecular weight is 274 g/mol. The van der Waals surface area contributed by atoms with Crippen LogP contribution in [0.1, 0.15) is 24.5 Å². The number of rotatable bonds is 7. The van der Waals surface area contributed by atoms with Crippen LogP contribution in [0.3, 0.4) is 0 Å². The summed E-state index contributed by atoms with van der Waals surface area (Å²) in [6.07, 6.45) is -2.82. The zero-order valence-corrected chi connectivity index (χ0v) is 11.2. The summed E-state index contributed by atoms with van der Waals surface area (Å²) in [7, 11) is 0. The Bertz CT molecular complexity index is 377. The lowest BCUT2D eigenvalue weighted by atomic mass is 10.0. The molecule has 2 nitrogen and oxygen atoms in total. The Labute approximate surface area is 112 Å². The second kappa shape index (κ2) is 7.50. The maximum absolute atomic E-state index is 12.4. The van der Waals surface area contributed by atoms with Gasteiger partial charge in [0.15, 0.2) is 0 Å². The first-order valence-electron chi connectivity index (χ1n) is 6.52. The van der Waals surface area contributed by atoms with Crippen LogP contribution in [0.15, 0.2) is 24.3 Å². The number of alkyl halides is 3. The molecule has 0 atom stereocenters. The molecule has 0 amide bonds. The second-order valence-corrected chi connectivity index (χ2v) is 4.61. The van der Waals surface area contributed by atoms with Crippen LogP contribution in [0.4, 0.5) is 13.2 Å². The summed E-state index contributed by atoms with van der Waals surface area (Å²) in [5.41, 5.74) is 7.66. The molecule has 0 aromatic heterocycles. The highest BCUT2D eigenvalue weighted by atomic mass is 19.4. The third-order valence-corrected chi connectivity index (χ3v) is 2.98. The summed E-state index contributed by atoms with van der Waals surface area (Å²) >= 11 is 0. The quantitative estimate of drug-likeness (QED) is 0.828. The van der Waals surface area contributed by atoms with Gasteiger partial charge in [0.05, 0.1) is 6.54 Å². The molecule has 1 rings (SSSR count). The van der Waals surface area contributed by atoms with Crippen molar-refractivity contribution in [2.75, 3.05) is 19.6 Å². The summed E-state index contributed by atoms with van der Waals surface area (Å²) < 4.78 is 37.3. The van der Waals surface area contributed by atoms with Crippen LogP contribution in [0.2, 0.25) is 0 Å². The second-order valence-electron chi connectivity index (χ2n) is 4.61. The van der Waals surface area contributed by atoms with Crippen molar-refractivity contribution in [2.45, 2.75) is 32.5 Å². The van der Waals surface area contributed by atoms with Crippen molar-refractivity contribution in [3.8, 4) is 0 Å². The predicted molar refractivity (Wildman–Crippen MR) is 70.8 cm³/mol. The molecule has 5 heteroatoms.